The molecule has 1 fully saturated rings. The summed E-state index contributed by atoms with van der Waals surface area (Å²) in [4.78, 5) is 17.1. The first kappa shape index (κ1) is 23.9. The number of carbonyl (C=O) groups is 1. The molecule has 0 aromatic heterocycles. The number of anilines is 1. The van der Waals surface area contributed by atoms with Crippen LogP contribution in [0.3, 0.4) is 0 Å². The highest BCUT2D eigenvalue weighted by molar-refractivity contribution is 6.02. The van der Waals surface area contributed by atoms with Crippen LogP contribution in [0, 0.1) is 11.3 Å². The smallest absolute Gasteiger partial charge is 0.264 e. The molecule has 1 aliphatic rings. The molecule has 3 rings (SSSR count). The second-order valence-electron chi connectivity index (χ2n) is 7.65. The van der Waals surface area contributed by atoms with E-state index in [2.05, 4.69) is 29.7 Å². The van der Waals surface area contributed by atoms with Crippen molar-refractivity contribution in [3.05, 3.63) is 71.8 Å². The predicted octanol–water partition coefficient (Wildman–Crippen LogP) is 4.47. The van der Waals surface area contributed by atoms with Gasteiger partial charge in [0.15, 0.2) is 11.5 Å². The lowest BCUT2D eigenvalue weighted by molar-refractivity contribution is -0.126. The van der Waals surface area contributed by atoms with Gasteiger partial charge < -0.3 is 19.3 Å². The van der Waals surface area contributed by atoms with Crippen LogP contribution in [0.4, 0.5) is 5.69 Å². The third-order valence-corrected chi connectivity index (χ3v) is 5.46. The lowest BCUT2D eigenvalue weighted by Gasteiger charge is -2.36. The maximum Gasteiger partial charge on any atom is 0.264 e. The van der Waals surface area contributed by atoms with E-state index in [1.54, 1.807) is 17.1 Å². The van der Waals surface area contributed by atoms with Crippen molar-refractivity contribution in [2.75, 3.05) is 44.3 Å². The molecule has 0 N–H and O–H groups in total. The van der Waals surface area contributed by atoms with Crippen LogP contribution in [0.2, 0.25) is 0 Å². The van der Waals surface area contributed by atoms with Crippen molar-refractivity contribution in [3.63, 3.8) is 0 Å². The fourth-order valence-electron chi connectivity index (χ4n) is 3.93. The zero-order chi connectivity index (χ0) is 23.6. The Balaban J connectivity index is 1.81. The molecule has 1 saturated heterocycles. The second kappa shape index (κ2) is 11.8. The number of allylic oxidation sites excluding steroid dienone is 1. The van der Waals surface area contributed by atoms with Crippen LogP contribution in [0.1, 0.15) is 25.0 Å². The molecule has 0 saturated carbocycles. The number of hydrogen-bond acceptors (Lipinski definition) is 5. The van der Waals surface area contributed by atoms with E-state index in [1.165, 1.54) is 0 Å². The molecule has 0 spiro atoms. The molecule has 0 aliphatic carbocycles. The molecule has 33 heavy (non-hydrogen) atoms. The fraction of sp³-hybridized carbons (Fsp3) is 0.333. The van der Waals surface area contributed by atoms with Crippen molar-refractivity contribution in [3.8, 4) is 17.6 Å². The number of nitrogens with zero attached hydrogens (tertiary/aromatic N) is 3. The first-order valence-electron chi connectivity index (χ1n) is 11.4. The van der Waals surface area contributed by atoms with E-state index in [4.69, 9.17) is 9.47 Å². The van der Waals surface area contributed by atoms with Crippen molar-refractivity contribution < 1.29 is 14.3 Å². The minimum Gasteiger partial charge on any atom is -0.490 e. The van der Waals surface area contributed by atoms with E-state index in [0.717, 1.165) is 29.9 Å². The molecule has 1 aliphatic heterocycles. The summed E-state index contributed by atoms with van der Waals surface area (Å²) in [6, 6.07) is 16.0. The summed E-state index contributed by atoms with van der Waals surface area (Å²) in [5.74, 6) is 1.03. The molecular weight excluding hydrogens is 414 g/mol. The minimum absolute atomic E-state index is 0.110. The average Bonchev–Trinajstić information content (AvgIpc) is 2.85. The molecule has 1 amide bonds. The van der Waals surface area contributed by atoms with Gasteiger partial charge in [0.25, 0.3) is 5.91 Å². The Morgan fingerprint density at radius 2 is 1.79 bits per heavy atom. The van der Waals surface area contributed by atoms with Gasteiger partial charge in [-0.1, -0.05) is 24.3 Å². The van der Waals surface area contributed by atoms with Gasteiger partial charge in [0.05, 0.1) is 13.2 Å². The van der Waals surface area contributed by atoms with Crippen LogP contribution in [0.15, 0.2) is 60.7 Å². The monoisotopic (exact) mass is 445 g/mol. The Morgan fingerprint density at radius 1 is 1.09 bits per heavy atom. The molecule has 172 valence electrons. The van der Waals surface area contributed by atoms with E-state index in [1.807, 2.05) is 44.2 Å². The molecule has 0 atom stereocenters. The number of carbonyl (C=O) groups excluding carboxylic acids is 1. The third-order valence-electron chi connectivity index (χ3n) is 5.46. The maximum absolute atomic E-state index is 13.1. The normalized spacial score (nSPS) is 13.9. The number of amides is 1. The highest BCUT2D eigenvalue weighted by atomic mass is 16.5. The Kier molecular flexibility index (Phi) is 8.54. The molecule has 0 radical (unpaired) electrons. The van der Waals surface area contributed by atoms with Crippen molar-refractivity contribution in [2.24, 2.45) is 0 Å². The van der Waals surface area contributed by atoms with Gasteiger partial charge in [-0.05, 0) is 56.2 Å². The number of hydrogen-bond donors (Lipinski definition) is 0. The van der Waals surface area contributed by atoms with Crippen LogP contribution in [-0.4, -0.2) is 50.2 Å². The lowest BCUT2D eigenvalue weighted by Crippen LogP contribution is -2.49. The highest BCUT2D eigenvalue weighted by Gasteiger charge is 2.24. The van der Waals surface area contributed by atoms with Crippen molar-refractivity contribution in [1.82, 2.24) is 4.90 Å². The van der Waals surface area contributed by atoms with E-state index >= 15 is 0 Å². The molecule has 6 heteroatoms. The number of nitriles is 1. The molecule has 2 aromatic rings. The van der Waals surface area contributed by atoms with Crippen LogP contribution < -0.4 is 14.4 Å². The highest BCUT2D eigenvalue weighted by Crippen LogP contribution is 2.34. The van der Waals surface area contributed by atoms with Crippen LogP contribution in [0.25, 0.3) is 6.08 Å². The number of para-hydroxylation sites is 1. The van der Waals surface area contributed by atoms with Gasteiger partial charge in [-0.15, -0.1) is 6.58 Å². The van der Waals surface area contributed by atoms with Gasteiger partial charge in [0.1, 0.15) is 11.6 Å². The number of rotatable bonds is 9. The second-order valence-corrected chi connectivity index (χ2v) is 7.65. The molecular formula is C27H31N3O3. The van der Waals surface area contributed by atoms with Gasteiger partial charge in [-0.25, -0.2) is 0 Å². The largest absolute Gasteiger partial charge is 0.490 e. The summed E-state index contributed by atoms with van der Waals surface area (Å²) in [6.07, 6.45) is 4.02. The quantitative estimate of drug-likeness (QED) is 0.324. The van der Waals surface area contributed by atoms with Gasteiger partial charge >= 0.3 is 0 Å². The van der Waals surface area contributed by atoms with Gasteiger partial charge in [0.2, 0.25) is 0 Å². The molecule has 0 unspecified atom stereocenters. The molecule has 0 bridgehead atoms. The van der Waals surface area contributed by atoms with Gasteiger partial charge in [-0.2, -0.15) is 5.26 Å². The van der Waals surface area contributed by atoms with Crippen molar-refractivity contribution in [1.29, 1.82) is 5.26 Å². The van der Waals surface area contributed by atoms with Crippen LogP contribution in [0.5, 0.6) is 11.5 Å². The number of ether oxygens (including phenoxy) is 2. The Morgan fingerprint density at radius 3 is 2.39 bits per heavy atom. The van der Waals surface area contributed by atoms with Crippen LogP contribution >= 0.6 is 0 Å². The van der Waals surface area contributed by atoms with E-state index in [0.29, 0.717) is 44.2 Å². The molecule has 1 heterocycles. The van der Waals surface area contributed by atoms with E-state index in [9.17, 15) is 10.1 Å². The summed E-state index contributed by atoms with van der Waals surface area (Å²) in [5, 5.41) is 9.75. The van der Waals surface area contributed by atoms with Crippen molar-refractivity contribution in [2.45, 2.75) is 20.3 Å². The van der Waals surface area contributed by atoms with Crippen molar-refractivity contribution >= 4 is 17.7 Å². The number of benzene rings is 2. The first-order chi connectivity index (χ1) is 16.1. The summed E-state index contributed by atoms with van der Waals surface area (Å²) in [5.41, 5.74) is 2.89. The topological polar surface area (TPSA) is 65.8 Å². The summed E-state index contributed by atoms with van der Waals surface area (Å²) in [6.45, 7) is 11.3. The zero-order valence-corrected chi connectivity index (χ0v) is 19.4. The predicted molar refractivity (Wildman–Crippen MR) is 132 cm³/mol. The number of piperazine rings is 1. The maximum atomic E-state index is 13.1. The van der Waals surface area contributed by atoms with Gasteiger partial charge in [0, 0.05) is 37.4 Å². The van der Waals surface area contributed by atoms with Crippen LogP contribution in [-0.2, 0) is 11.2 Å². The molecule has 2 aromatic carbocycles. The standard InChI is InChI=1S/C27H31N3O3/c1-4-10-22-17-21(19-25(32-5-2)26(22)33-6-3)18-23(20-28)27(31)30-15-13-29(14-16-30)24-11-8-7-9-12-24/h4,7-9,11-12,17-19H,1,5-6,10,13-16H2,2-3H3/b23-18-. The lowest BCUT2D eigenvalue weighted by atomic mass is 10.0. The van der Waals surface area contributed by atoms with E-state index in [-0.39, 0.29) is 11.5 Å². The fourth-order valence-corrected chi connectivity index (χ4v) is 3.93. The Labute approximate surface area is 196 Å². The zero-order valence-electron chi connectivity index (χ0n) is 19.4. The van der Waals surface area contributed by atoms with Gasteiger partial charge in [-0.3, -0.25) is 4.79 Å². The third kappa shape index (κ3) is 5.95. The Bertz CT molecular complexity index is 1030. The average molecular weight is 446 g/mol. The SMILES string of the molecule is C=CCc1cc(/C=C(/C#N)C(=O)N2CCN(c3ccccc3)CC2)cc(OCC)c1OCC. The minimum atomic E-state index is -0.248. The molecule has 6 nitrogen and oxygen atoms in total. The summed E-state index contributed by atoms with van der Waals surface area (Å²) in [7, 11) is 0. The first-order valence-corrected chi connectivity index (χ1v) is 11.4. The Hall–Kier alpha value is -3.72. The summed E-state index contributed by atoms with van der Waals surface area (Å²) >= 11 is 0. The van der Waals surface area contributed by atoms with E-state index < -0.39 is 0 Å². The summed E-state index contributed by atoms with van der Waals surface area (Å²) < 4.78 is 11.6.